The van der Waals surface area contributed by atoms with Crippen molar-refractivity contribution in [2.75, 3.05) is 19.0 Å². The summed E-state index contributed by atoms with van der Waals surface area (Å²) in [6, 6.07) is 8.28. The Kier molecular flexibility index (Phi) is 5.15. The number of piperidine rings is 1. The lowest BCUT2D eigenvalue weighted by Crippen LogP contribution is -2.40. The van der Waals surface area contributed by atoms with Crippen LogP contribution in [0.5, 0.6) is 0 Å². The molecule has 1 aliphatic heterocycles. The molecule has 1 unspecified atom stereocenters. The molecule has 0 aliphatic carbocycles. The van der Waals surface area contributed by atoms with E-state index in [1.807, 2.05) is 31.2 Å². The van der Waals surface area contributed by atoms with Crippen LogP contribution in [-0.4, -0.2) is 25.6 Å². The number of carbonyl (C=O) groups excluding carboxylic acids is 1. The number of rotatable bonds is 4. The summed E-state index contributed by atoms with van der Waals surface area (Å²) in [6.07, 6.45) is 1.84. The average molecular weight is 276 g/mol. The molecule has 0 aromatic heterocycles. The Hall–Kier alpha value is -1.39. The van der Waals surface area contributed by atoms with Crippen molar-refractivity contribution < 1.29 is 9.53 Å². The van der Waals surface area contributed by atoms with Gasteiger partial charge in [0.2, 0.25) is 5.91 Å². The molecular formula is C16H24N2O2. The molecule has 1 fully saturated rings. The van der Waals surface area contributed by atoms with Crippen molar-refractivity contribution >= 4 is 11.6 Å². The van der Waals surface area contributed by atoms with Gasteiger partial charge >= 0.3 is 0 Å². The van der Waals surface area contributed by atoms with Crippen molar-refractivity contribution in [2.45, 2.75) is 38.8 Å². The minimum Gasteiger partial charge on any atom is -0.377 e. The summed E-state index contributed by atoms with van der Waals surface area (Å²) in [6.45, 7) is 5.04. The summed E-state index contributed by atoms with van der Waals surface area (Å²) in [4.78, 5) is 12.3. The molecular weight excluding hydrogens is 252 g/mol. The van der Waals surface area contributed by atoms with Crippen molar-refractivity contribution in [1.29, 1.82) is 0 Å². The van der Waals surface area contributed by atoms with Gasteiger partial charge in [0.15, 0.2) is 0 Å². The van der Waals surface area contributed by atoms with E-state index in [1.54, 1.807) is 7.11 Å². The van der Waals surface area contributed by atoms with Crippen LogP contribution in [0.4, 0.5) is 5.69 Å². The lowest BCUT2D eigenvalue weighted by atomic mass is 9.92. The zero-order valence-electron chi connectivity index (χ0n) is 12.5. The topological polar surface area (TPSA) is 50.4 Å². The first-order valence-electron chi connectivity index (χ1n) is 7.27. The van der Waals surface area contributed by atoms with Crippen LogP contribution in [-0.2, 0) is 9.53 Å². The summed E-state index contributed by atoms with van der Waals surface area (Å²) < 4.78 is 5.31. The number of hydrogen-bond donors (Lipinski definition) is 2. The van der Waals surface area contributed by atoms with Crippen LogP contribution >= 0.6 is 0 Å². The molecule has 1 heterocycles. The van der Waals surface area contributed by atoms with E-state index in [4.69, 9.17) is 4.74 Å². The van der Waals surface area contributed by atoms with Gasteiger partial charge in [-0.15, -0.1) is 0 Å². The van der Waals surface area contributed by atoms with Crippen LogP contribution in [0.15, 0.2) is 24.3 Å². The molecule has 0 bridgehead atoms. The number of carbonyl (C=O) groups is 1. The van der Waals surface area contributed by atoms with Crippen molar-refractivity contribution in [1.82, 2.24) is 5.32 Å². The fourth-order valence-electron chi connectivity index (χ4n) is 2.62. The highest BCUT2D eigenvalue weighted by Crippen LogP contribution is 2.22. The van der Waals surface area contributed by atoms with Gasteiger partial charge in [0.05, 0.1) is 6.10 Å². The number of ether oxygens (including phenoxy) is 1. The second-order valence-corrected chi connectivity index (χ2v) is 5.57. The van der Waals surface area contributed by atoms with Gasteiger partial charge in [-0.3, -0.25) is 4.79 Å². The first-order valence-corrected chi connectivity index (χ1v) is 7.27. The van der Waals surface area contributed by atoms with Gasteiger partial charge in [0, 0.05) is 24.8 Å². The maximum atomic E-state index is 12.3. The quantitative estimate of drug-likeness (QED) is 0.889. The Morgan fingerprint density at radius 2 is 2.30 bits per heavy atom. The first-order chi connectivity index (χ1) is 9.60. The van der Waals surface area contributed by atoms with E-state index in [9.17, 15) is 4.79 Å². The minimum atomic E-state index is 0.0331. The van der Waals surface area contributed by atoms with Gasteiger partial charge in [0.1, 0.15) is 0 Å². The second-order valence-electron chi connectivity index (χ2n) is 5.57. The van der Waals surface area contributed by atoms with Gasteiger partial charge in [-0.25, -0.2) is 0 Å². The molecule has 110 valence electrons. The van der Waals surface area contributed by atoms with E-state index >= 15 is 0 Å². The van der Waals surface area contributed by atoms with Crippen LogP contribution in [0.2, 0.25) is 0 Å². The van der Waals surface area contributed by atoms with Crippen molar-refractivity contribution in [3.05, 3.63) is 29.8 Å². The first kappa shape index (κ1) is 15.0. The lowest BCUT2D eigenvalue weighted by molar-refractivity contribution is -0.120. The molecule has 2 N–H and O–H groups in total. The second kappa shape index (κ2) is 6.86. The number of methoxy groups -OCH3 is 1. The number of amides is 1. The van der Waals surface area contributed by atoms with Gasteiger partial charge in [-0.1, -0.05) is 12.1 Å². The molecule has 0 radical (unpaired) electrons. The highest BCUT2D eigenvalue weighted by Gasteiger charge is 2.24. The SMILES string of the molecule is COC(C)c1cccc(NC(=O)[C@H]2CCN[C@@H](C)C2)c1. The minimum absolute atomic E-state index is 0.0331. The zero-order valence-corrected chi connectivity index (χ0v) is 12.5. The maximum absolute atomic E-state index is 12.3. The third-order valence-corrected chi connectivity index (χ3v) is 3.97. The number of benzene rings is 1. The van der Waals surface area contributed by atoms with Gasteiger partial charge in [-0.05, 0) is 50.9 Å². The average Bonchev–Trinajstić information content (AvgIpc) is 2.46. The Morgan fingerprint density at radius 1 is 1.50 bits per heavy atom. The van der Waals surface area contributed by atoms with Gasteiger partial charge < -0.3 is 15.4 Å². The number of hydrogen-bond acceptors (Lipinski definition) is 3. The standard InChI is InChI=1S/C16H24N2O2/c1-11-9-14(7-8-17-11)16(19)18-15-6-4-5-13(10-15)12(2)20-3/h4-6,10-12,14,17H,7-9H2,1-3H3,(H,18,19)/t11-,12?,14-/m0/s1. The van der Waals surface area contributed by atoms with Gasteiger partial charge in [-0.2, -0.15) is 0 Å². The molecule has 4 heteroatoms. The molecule has 0 saturated carbocycles. The van der Waals surface area contributed by atoms with Crippen LogP contribution in [0.1, 0.15) is 38.4 Å². The molecule has 2 rings (SSSR count). The maximum Gasteiger partial charge on any atom is 0.227 e. The third kappa shape index (κ3) is 3.81. The summed E-state index contributed by atoms with van der Waals surface area (Å²) in [7, 11) is 1.69. The highest BCUT2D eigenvalue weighted by atomic mass is 16.5. The largest absolute Gasteiger partial charge is 0.377 e. The Bertz CT molecular complexity index is 462. The predicted molar refractivity (Wildman–Crippen MR) is 80.7 cm³/mol. The fraction of sp³-hybridized carbons (Fsp3) is 0.562. The summed E-state index contributed by atoms with van der Waals surface area (Å²) in [5.41, 5.74) is 1.92. The smallest absolute Gasteiger partial charge is 0.227 e. The Balaban J connectivity index is 2.00. The molecule has 20 heavy (non-hydrogen) atoms. The lowest BCUT2D eigenvalue weighted by Gasteiger charge is -2.27. The van der Waals surface area contributed by atoms with E-state index in [0.717, 1.165) is 30.6 Å². The molecule has 1 aromatic carbocycles. The normalized spacial score (nSPS) is 24.1. The number of anilines is 1. The molecule has 1 saturated heterocycles. The molecule has 3 atom stereocenters. The van der Waals surface area contributed by atoms with Crippen molar-refractivity contribution in [3.8, 4) is 0 Å². The van der Waals surface area contributed by atoms with Crippen LogP contribution < -0.4 is 10.6 Å². The van der Waals surface area contributed by atoms with Crippen LogP contribution in [0.25, 0.3) is 0 Å². The molecule has 4 nitrogen and oxygen atoms in total. The van der Waals surface area contributed by atoms with Crippen molar-refractivity contribution in [3.63, 3.8) is 0 Å². The monoisotopic (exact) mass is 276 g/mol. The summed E-state index contributed by atoms with van der Waals surface area (Å²) in [5, 5.41) is 6.40. The van der Waals surface area contributed by atoms with E-state index in [-0.39, 0.29) is 17.9 Å². The van der Waals surface area contributed by atoms with Crippen molar-refractivity contribution in [2.24, 2.45) is 5.92 Å². The number of nitrogens with one attached hydrogen (secondary N) is 2. The molecule has 0 spiro atoms. The zero-order chi connectivity index (χ0) is 14.5. The summed E-state index contributed by atoms with van der Waals surface area (Å²) in [5.74, 6) is 0.232. The van der Waals surface area contributed by atoms with Crippen LogP contribution in [0, 0.1) is 5.92 Å². The Labute approximate surface area is 120 Å². The molecule has 1 aliphatic rings. The van der Waals surface area contributed by atoms with E-state index < -0.39 is 0 Å². The van der Waals surface area contributed by atoms with E-state index in [1.165, 1.54) is 0 Å². The van der Waals surface area contributed by atoms with Gasteiger partial charge in [0.25, 0.3) is 0 Å². The summed E-state index contributed by atoms with van der Waals surface area (Å²) >= 11 is 0. The predicted octanol–water partition coefficient (Wildman–Crippen LogP) is 2.72. The third-order valence-electron chi connectivity index (χ3n) is 3.97. The fourth-order valence-corrected chi connectivity index (χ4v) is 2.62. The highest BCUT2D eigenvalue weighted by molar-refractivity contribution is 5.92. The Morgan fingerprint density at radius 3 is 3.00 bits per heavy atom. The van der Waals surface area contributed by atoms with E-state index in [0.29, 0.717) is 6.04 Å². The van der Waals surface area contributed by atoms with E-state index in [2.05, 4.69) is 17.6 Å². The molecule has 1 aromatic rings. The van der Waals surface area contributed by atoms with Crippen LogP contribution in [0.3, 0.4) is 0 Å². The molecule has 1 amide bonds.